The summed E-state index contributed by atoms with van der Waals surface area (Å²) in [6.45, 7) is 3.42. The molecule has 0 bridgehead atoms. The molecule has 0 radical (unpaired) electrons. The number of carboxylic acid groups (broad SMARTS) is 1. The minimum absolute atomic E-state index is 0.407. The monoisotopic (exact) mass is 209 g/mol. The van der Waals surface area contributed by atoms with Crippen LogP contribution >= 0.6 is 0 Å². The zero-order valence-electron chi connectivity index (χ0n) is 8.46. The van der Waals surface area contributed by atoms with E-state index in [1.54, 1.807) is 20.0 Å². The number of Topliss-reactive ketones (excluding diaryl/α,β-unsaturated/α-hetero) is 2. The van der Waals surface area contributed by atoms with Crippen molar-refractivity contribution in [3.05, 3.63) is 23.0 Å². The number of aromatic amines is 1. The molecule has 1 heterocycles. The van der Waals surface area contributed by atoms with Gasteiger partial charge in [-0.15, -0.1) is 0 Å². The van der Waals surface area contributed by atoms with Crippen LogP contribution in [-0.4, -0.2) is 27.6 Å². The van der Waals surface area contributed by atoms with Crippen LogP contribution < -0.4 is 0 Å². The Hall–Kier alpha value is -1.91. The standard InChI is InChI=1S/C10H11NO4/c1-5-4-11-6(2)9(5)7(12)3-8(13)10(14)15/h4,11H,3H2,1-2H3,(H,14,15). The molecule has 1 rings (SSSR count). The zero-order chi connectivity index (χ0) is 11.6. The number of carbonyl (C=O) groups excluding carboxylic acids is 2. The molecule has 5 nitrogen and oxygen atoms in total. The summed E-state index contributed by atoms with van der Waals surface area (Å²) in [6.07, 6.45) is 1.06. The van der Waals surface area contributed by atoms with Gasteiger partial charge in [0, 0.05) is 17.5 Å². The lowest BCUT2D eigenvalue weighted by molar-refractivity contribution is -0.148. The maximum Gasteiger partial charge on any atom is 0.372 e. The van der Waals surface area contributed by atoms with Gasteiger partial charge in [-0.2, -0.15) is 0 Å². The number of nitrogens with one attached hydrogen (secondary N) is 1. The van der Waals surface area contributed by atoms with Crippen LogP contribution in [0.2, 0.25) is 0 Å². The molecule has 15 heavy (non-hydrogen) atoms. The first-order valence-corrected chi connectivity index (χ1v) is 4.37. The van der Waals surface area contributed by atoms with E-state index >= 15 is 0 Å². The van der Waals surface area contributed by atoms with E-state index in [4.69, 9.17) is 5.11 Å². The molecule has 1 aromatic rings. The highest BCUT2D eigenvalue weighted by molar-refractivity contribution is 6.37. The van der Waals surface area contributed by atoms with E-state index in [-0.39, 0.29) is 0 Å². The Balaban J connectivity index is 2.87. The van der Waals surface area contributed by atoms with E-state index in [0.717, 1.165) is 5.56 Å². The Morgan fingerprint density at radius 2 is 1.93 bits per heavy atom. The number of carboxylic acids is 1. The first-order valence-electron chi connectivity index (χ1n) is 4.37. The van der Waals surface area contributed by atoms with Crippen molar-refractivity contribution in [1.29, 1.82) is 0 Å². The van der Waals surface area contributed by atoms with Crippen molar-refractivity contribution >= 4 is 17.5 Å². The van der Waals surface area contributed by atoms with Gasteiger partial charge in [0.25, 0.3) is 0 Å². The second-order valence-electron chi connectivity index (χ2n) is 3.30. The first-order chi connectivity index (χ1) is 6.93. The molecule has 0 spiro atoms. The molecule has 0 amide bonds. The van der Waals surface area contributed by atoms with Gasteiger partial charge in [-0.1, -0.05) is 0 Å². The predicted octanol–water partition coefficient (Wildman–Crippen LogP) is 0.858. The van der Waals surface area contributed by atoms with Gasteiger partial charge in [-0.25, -0.2) is 4.79 Å². The predicted molar refractivity (Wildman–Crippen MR) is 51.9 cm³/mol. The first kappa shape index (κ1) is 11.2. The molecule has 2 N–H and O–H groups in total. The number of aryl methyl sites for hydroxylation is 2. The number of hydrogen-bond donors (Lipinski definition) is 2. The molecule has 0 fully saturated rings. The number of carbonyl (C=O) groups is 3. The smallest absolute Gasteiger partial charge is 0.372 e. The van der Waals surface area contributed by atoms with Gasteiger partial charge in [-0.3, -0.25) is 9.59 Å². The molecule has 0 aliphatic rings. The molecule has 0 saturated carbocycles. The molecule has 80 valence electrons. The maximum absolute atomic E-state index is 11.6. The topological polar surface area (TPSA) is 87.2 Å². The van der Waals surface area contributed by atoms with Crippen LogP contribution in [0.1, 0.15) is 28.0 Å². The highest BCUT2D eigenvalue weighted by Crippen LogP contribution is 2.14. The van der Waals surface area contributed by atoms with Crippen molar-refractivity contribution in [2.75, 3.05) is 0 Å². The van der Waals surface area contributed by atoms with Gasteiger partial charge >= 0.3 is 5.97 Å². The lowest BCUT2D eigenvalue weighted by Crippen LogP contribution is -2.17. The van der Waals surface area contributed by atoms with Crippen LogP contribution in [0.5, 0.6) is 0 Å². The van der Waals surface area contributed by atoms with Crippen LogP contribution in [0.4, 0.5) is 0 Å². The Morgan fingerprint density at radius 3 is 2.33 bits per heavy atom. The number of rotatable bonds is 4. The van der Waals surface area contributed by atoms with Crippen LogP contribution in [0, 0.1) is 13.8 Å². The highest BCUT2D eigenvalue weighted by atomic mass is 16.4. The summed E-state index contributed by atoms with van der Waals surface area (Å²) in [7, 11) is 0. The van der Waals surface area contributed by atoms with E-state index in [9.17, 15) is 14.4 Å². The second-order valence-corrected chi connectivity index (χ2v) is 3.30. The summed E-state index contributed by atoms with van der Waals surface area (Å²) >= 11 is 0. The van der Waals surface area contributed by atoms with E-state index in [2.05, 4.69) is 4.98 Å². The molecule has 5 heteroatoms. The quantitative estimate of drug-likeness (QED) is 0.437. The minimum atomic E-state index is -1.57. The van der Waals surface area contributed by atoms with Crippen molar-refractivity contribution in [3.63, 3.8) is 0 Å². The third-order valence-corrected chi connectivity index (χ3v) is 2.11. The molecule has 1 aromatic heterocycles. The Morgan fingerprint density at radius 1 is 1.33 bits per heavy atom. The second kappa shape index (κ2) is 4.08. The normalized spacial score (nSPS) is 10.0. The van der Waals surface area contributed by atoms with Crippen LogP contribution in [0.15, 0.2) is 6.20 Å². The largest absolute Gasteiger partial charge is 0.475 e. The zero-order valence-corrected chi connectivity index (χ0v) is 8.46. The Kier molecular flexibility index (Phi) is 3.04. The average molecular weight is 209 g/mol. The van der Waals surface area contributed by atoms with Gasteiger partial charge in [0.05, 0.1) is 6.42 Å². The van der Waals surface area contributed by atoms with Gasteiger partial charge in [0.2, 0.25) is 5.78 Å². The fourth-order valence-corrected chi connectivity index (χ4v) is 1.40. The van der Waals surface area contributed by atoms with Crippen molar-refractivity contribution in [3.8, 4) is 0 Å². The molecule has 0 aliphatic heterocycles. The summed E-state index contributed by atoms with van der Waals surface area (Å²) in [5, 5.41) is 8.36. The van der Waals surface area contributed by atoms with Gasteiger partial charge in [0.1, 0.15) is 0 Å². The van der Waals surface area contributed by atoms with Gasteiger partial charge in [0.15, 0.2) is 5.78 Å². The molecular weight excluding hydrogens is 198 g/mol. The Labute approximate surface area is 86.1 Å². The fraction of sp³-hybridized carbons (Fsp3) is 0.300. The fourth-order valence-electron chi connectivity index (χ4n) is 1.40. The van der Waals surface area contributed by atoms with Crippen LogP contribution in [-0.2, 0) is 9.59 Å². The summed E-state index contributed by atoms with van der Waals surface area (Å²) < 4.78 is 0. The number of aromatic nitrogens is 1. The molecular formula is C10H11NO4. The molecule has 0 atom stereocenters. The van der Waals surface area contributed by atoms with Crippen molar-refractivity contribution < 1.29 is 19.5 Å². The SMILES string of the molecule is Cc1c[nH]c(C)c1C(=O)CC(=O)C(=O)O. The molecule has 0 saturated heterocycles. The van der Waals surface area contributed by atoms with Crippen molar-refractivity contribution in [2.24, 2.45) is 0 Å². The highest BCUT2D eigenvalue weighted by Gasteiger charge is 2.20. The van der Waals surface area contributed by atoms with Crippen molar-refractivity contribution in [2.45, 2.75) is 20.3 Å². The molecule has 0 aromatic carbocycles. The molecule has 0 unspecified atom stereocenters. The number of aliphatic carboxylic acids is 1. The van der Waals surface area contributed by atoms with Crippen LogP contribution in [0.3, 0.4) is 0 Å². The number of hydrogen-bond acceptors (Lipinski definition) is 3. The summed E-state index contributed by atoms with van der Waals surface area (Å²) in [5.74, 6) is -3.12. The van der Waals surface area contributed by atoms with E-state index in [1.165, 1.54) is 0 Å². The maximum atomic E-state index is 11.6. The number of ketones is 2. The van der Waals surface area contributed by atoms with E-state index < -0.39 is 24.0 Å². The average Bonchev–Trinajstić information content (AvgIpc) is 2.45. The van der Waals surface area contributed by atoms with Gasteiger partial charge < -0.3 is 10.1 Å². The summed E-state index contributed by atoms with van der Waals surface area (Å²) in [5.41, 5.74) is 1.77. The summed E-state index contributed by atoms with van der Waals surface area (Å²) in [4.78, 5) is 35.5. The van der Waals surface area contributed by atoms with Gasteiger partial charge in [-0.05, 0) is 19.4 Å². The third kappa shape index (κ3) is 2.31. The summed E-state index contributed by atoms with van der Waals surface area (Å²) in [6, 6.07) is 0. The molecule has 0 aliphatic carbocycles. The van der Waals surface area contributed by atoms with E-state index in [0.29, 0.717) is 11.3 Å². The van der Waals surface area contributed by atoms with Crippen molar-refractivity contribution in [1.82, 2.24) is 4.98 Å². The third-order valence-electron chi connectivity index (χ3n) is 2.11. The minimum Gasteiger partial charge on any atom is -0.475 e. The number of H-pyrrole nitrogens is 1. The van der Waals surface area contributed by atoms with Crippen LogP contribution in [0.25, 0.3) is 0 Å². The lowest BCUT2D eigenvalue weighted by atomic mass is 10.0. The Bertz CT molecular complexity index is 411. The lowest BCUT2D eigenvalue weighted by Gasteiger charge is -1.99. The van der Waals surface area contributed by atoms with E-state index in [1.807, 2.05) is 0 Å².